The maximum atomic E-state index is 15.4. The van der Waals surface area contributed by atoms with Crippen LogP contribution in [0.1, 0.15) is 68.6 Å². The predicted molar refractivity (Wildman–Crippen MR) is 150 cm³/mol. The maximum Gasteiger partial charge on any atom is 0.274 e. The van der Waals surface area contributed by atoms with Crippen LogP contribution in [0.3, 0.4) is 0 Å². The molecule has 2 aliphatic carbocycles. The molecule has 9 nitrogen and oxygen atoms in total. The van der Waals surface area contributed by atoms with Crippen molar-refractivity contribution in [2.75, 3.05) is 18.4 Å². The number of nitrogens with one attached hydrogen (secondary N) is 2. The first-order chi connectivity index (χ1) is 18.7. The van der Waals surface area contributed by atoms with Crippen LogP contribution in [0.25, 0.3) is 0 Å². The summed E-state index contributed by atoms with van der Waals surface area (Å²) in [6, 6.07) is 3.97. The van der Waals surface area contributed by atoms with Crippen LogP contribution in [0.5, 0.6) is 0 Å². The minimum absolute atomic E-state index is 0.0202. The molecule has 1 heterocycles. The van der Waals surface area contributed by atoms with E-state index in [1.165, 1.54) is 18.2 Å². The molecular weight excluding hydrogens is 542 g/mol. The van der Waals surface area contributed by atoms with Gasteiger partial charge in [0.2, 0.25) is 0 Å². The SMILES string of the molecule is CCN/C(=C(/F)C(N)=NCC(C)(C)O)C1(O)CC2CC(c3ncn(C)c3C(=O)Nc3ccc(F)c(Cl)c3)CC2C1. The number of fused-ring (bicyclic) bond motifs is 1. The number of likely N-dealkylation sites (N-methyl/N-ethyl adjacent to an activating group) is 1. The van der Waals surface area contributed by atoms with E-state index in [0.29, 0.717) is 49.3 Å². The molecule has 2 atom stereocenters. The number of halogens is 3. The molecule has 4 rings (SSSR count). The number of anilines is 1. The Kier molecular flexibility index (Phi) is 8.58. The van der Waals surface area contributed by atoms with E-state index in [0.717, 1.165) is 0 Å². The van der Waals surface area contributed by atoms with Crippen LogP contribution in [0, 0.1) is 17.7 Å². The molecule has 12 heteroatoms. The van der Waals surface area contributed by atoms with Gasteiger partial charge in [0.15, 0.2) is 11.7 Å². The molecule has 0 bridgehead atoms. The van der Waals surface area contributed by atoms with Crippen molar-refractivity contribution in [3.8, 4) is 0 Å². The van der Waals surface area contributed by atoms with E-state index < -0.39 is 22.8 Å². The molecule has 1 amide bonds. The van der Waals surface area contributed by atoms with Crippen LogP contribution in [0.2, 0.25) is 5.02 Å². The van der Waals surface area contributed by atoms with Crippen LogP contribution in [-0.4, -0.2) is 55.8 Å². The zero-order valence-electron chi connectivity index (χ0n) is 23.1. The molecule has 2 aliphatic rings. The largest absolute Gasteiger partial charge is 0.389 e. The lowest BCUT2D eigenvalue weighted by Crippen LogP contribution is -2.39. The average molecular weight is 579 g/mol. The summed E-state index contributed by atoms with van der Waals surface area (Å²) < 4.78 is 30.6. The van der Waals surface area contributed by atoms with Gasteiger partial charge in [-0.15, -0.1) is 0 Å². The summed E-state index contributed by atoms with van der Waals surface area (Å²) in [5.74, 6) is -1.99. The summed E-state index contributed by atoms with van der Waals surface area (Å²) in [5, 5.41) is 27.2. The van der Waals surface area contributed by atoms with E-state index >= 15 is 4.39 Å². The first-order valence-corrected chi connectivity index (χ1v) is 13.8. The number of aromatic nitrogens is 2. The molecule has 0 saturated heterocycles. The van der Waals surface area contributed by atoms with Crippen molar-refractivity contribution in [1.29, 1.82) is 0 Å². The quantitative estimate of drug-likeness (QED) is 0.225. The molecule has 2 saturated carbocycles. The molecule has 2 aromatic rings. The molecular formula is C28H37ClF2N6O3. The number of hydrogen-bond acceptors (Lipinski definition) is 6. The zero-order chi connectivity index (χ0) is 29.4. The fourth-order valence-electron chi connectivity index (χ4n) is 5.98. The highest BCUT2D eigenvalue weighted by Crippen LogP contribution is 2.55. The van der Waals surface area contributed by atoms with Gasteiger partial charge in [0, 0.05) is 25.2 Å². The number of amidine groups is 1. The highest BCUT2D eigenvalue weighted by Gasteiger charge is 2.52. The lowest BCUT2D eigenvalue weighted by atomic mass is 9.89. The van der Waals surface area contributed by atoms with Crippen molar-refractivity contribution in [2.45, 2.75) is 63.6 Å². The van der Waals surface area contributed by atoms with Crippen LogP contribution >= 0.6 is 11.6 Å². The van der Waals surface area contributed by atoms with Gasteiger partial charge in [-0.1, -0.05) is 11.6 Å². The second-order valence-electron chi connectivity index (χ2n) is 11.5. The number of carbonyl (C=O) groups excluding carboxylic acids is 1. The standard InChI is InChI=1S/C28H37ClF2N6O3/c1-5-33-24(21(31)25(32)34-13-27(2,3)39)28(40)11-16-8-15(9-17(16)12-28)22-23(37(4)14-35-22)26(38)36-18-6-7-20(30)19(29)10-18/h6-7,10,14-17,33,39-40H,5,8-9,11-13H2,1-4H3,(H2,32,34)(H,36,38)/b24-21+. The van der Waals surface area contributed by atoms with E-state index in [1.54, 1.807) is 38.7 Å². The topological polar surface area (TPSA) is 138 Å². The number of imidazole rings is 1. The second kappa shape index (κ2) is 11.5. The Morgan fingerprint density at radius 2 is 1.98 bits per heavy atom. The van der Waals surface area contributed by atoms with Crippen molar-refractivity contribution in [3.05, 3.63) is 58.3 Å². The summed E-state index contributed by atoms with van der Waals surface area (Å²) in [7, 11) is 1.73. The van der Waals surface area contributed by atoms with Crippen LogP contribution < -0.4 is 16.4 Å². The van der Waals surface area contributed by atoms with E-state index in [9.17, 15) is 19.4 Å². The number of aryl methyl sites for hydroxylation is 1. The van der Waals surface area contributed by atoms with Crippen molar-refractivity contribution < 1.29 is 23.8 Å². The zero-order valence-corrected chi connectivity index (χ0v) is 23.9. The monoisotopic (exact) mass is 578 g/mol. The summed E-state index contributed by atoms with van der Waals surface area (Å²) in [5.41, 5.74) is 4.75. The number of rotatable bonds is 9. The number of nitrogens with two attached hydrogens (primary N) is 1. The van der Waals surface area contributed by atoms with Crippen molar-refractivity contribution in [1.82, 2.24) is 14.9 Å². The first kappa shape index (κ1) is 30.0. The Labute approximate surface area is 237 Å². The third-order valence-corrected chi connectivity index (χ3v) is 7.97. The molecule has 1 aromatic carbocycles. The van der Waals surface area contributed by atoms with E-state index in [2.05, 4.69) is 20.6 Å². The minimum Gasteiger partial charge on any atom is -0.389 e. The lowest BCUT2D eigenvalue weighted by molar-refractivity contribution is 0.0663. The molecule has 2 fully saturated rings. The fraction of sp³-hybridized carbons (Fsp3) is 0.536. The number of nitrogens with zero attached hydrogens (tertiary/aromatic N) is 3. The highest BCUT2D eigenvalue weighted by molar-refractivity contribution is 6.31. The van der Waals surface area contributed by atoms with Crippen molar-refractivity contribution >= 4 is 29.0 Å². The van der Waals surface area contributed by atoms with Crippen LogP contribution in [0.15, 0.2) is 41.0 Å². The van der Waals surface area contributed by atoms with Crippen LogP contribution in [0.4, 0.5) is 14.5 Å². The van der Waals surface area contributed by atoms with Gasteiger partial charge in [-0.2, -0.15) is 0 Å². The molecule has 0 aliphatic heterocycles. The lowest BCUT2D eigenvalue weighted by Gasteiger charge is -2.29. The van der Waals surface area contributed by atoms with E-state index in [1.807, 2.05) is 0 Å². The Morgan fingerprint density at radius 3 is 2.55 bits per heavy atom. The van der Waals surface area contributed by atoms with Gasteiger partial charge in [0.25, 0.3) is 5.91 Å². The molecule has 6 N–H and O–H groups in total. The molecule has 0 spiro atoms. The predicted octanol–water partition coefficient (Wildman–Crippen LogP) is 4.02. The van der Waals surface area contributed by atoms with E-state index in [4.69, 9.17) is 17.3 Å². The Bertz CT molecular complexity index is 1320. The second-order valence-corrected chi connectivity index (χ2v) is 11.9. The third kappa shape index (κ3) is 6.31. The molecule has 40 heavy (non-hydrogen) atoms. The number of amides is 1. The Morgan fingerprint density at radius 1 is 1.32 bits per heavy atom. The third-order valence-electron chi connectivity index (χ3n) is 7.69. The normalized spacial score (nSPS) is 25.5. The molecule has 2 unspecified atom stereocenters. The summed E-state index contributed by atoms with van der Waals surface area (Å²) in [6.45, 7) is 5.21. The summed E-state index contributed by atoms with van der Waals surface area (Å²) >= 11 is 5.86. The Hall–Kier alpha value is -3.02. The highest BCUT2D eigenvalue weighted by atomic mass is 35.5. The number of aliphatic hydroxyl groups is 2. The number of aliphatic imine (C=N–C) groups is 1. The average Bonchev–Trinajstić information content (AvgIpc) is 3.53. The van der Waals surface area contributed by atoms with Gasteiger partial charge in [0.05, 0.1) is 34.9 Å². The summed E-state index contributed by atoms with van der Waals surface area (Å²) in [6.07, 6.45) is 3.59. The van der Waals surface area contributed by atoms with Gasteiger partial charge < -0.3 is 31.1 Å². The van der Waals surface area contributed by atoms with Gasteiger partial charge in [-0.3, -0.25) is 9.79 Å². The molecule has 218 valence electrons. The maximum absolute atomic E-state index is 15.4. The first-order valence-electron chi connectivity index (χ1n) is 13.4. The van der Waals surface area contributed by atoms with E-state index in [-0.39, 0.29) is 46.8 Å². The number of benzene rings is 1. The number of hydrogen-bond donors (Lipinski definition) is 5. The van der Waals surface area contributed by atoms with Crippen molar-refractivity contribution in [2.24, 2.45) is 29.6 Å². The summed E-state index contributed by atoms with van der Waals surface area (Å²) in [4.78, 5) is 21.7. The smallest absolute Gasteiger partial charge is 0.274 e. The van der Waals surface area contributed by atoms with Gasteiger partial charge in [0.1, 0.15) is 17.1 Å². The molecule has 0 radical (unpaired) electrons. The van der Waals surface area contributed by atoms with Gasteiger partial charge >= 0.3 is 0 Å². The van der Waals surface area contributed by atoms with Gasteiger partial charge in [-0.05, 0) is 76.5 Å². The van der Waals surface area contributed by atoms with Crippen molar-refractivity contribution in [3.63, 3.8) is 0 Å². The number of carbonyl (C=O) groups is 1. The van der Waals surface area contributed by atoms with Gasteiger partial charge in [-0.25, -0.2) is 13.8 Å². The fourth-order valence-corrected chi connectivity index (χ4v) is 6.16. The molecule has 1 aromatic heterocycles. The Balaban J connectivity index is 1.51. The van der Waals surface area contributed by atoms with Crippen LogP contribution in [-0.2, 0) is 7.05 Å². The minimum atomic E-state index is -1.44.